The zero-order valence-corrected chi connectivity index (χ0v) is 19.2. The lowest BCUT2D eigenvalue weighted by Gasteiger charge is -2.28. The van der Waals surface area contributed by atoms with E-state index in [1.54, 1.807) is 0 Å². The third-order valence-electron chi connectivity index (χ3n) is 4.97. The lowest BCUT2D eigenvalue weighted by Crippen LogP contribution is -2.41. The van der Waals surface area contributed by atoms with Crippen molar-refractivity contribution in [3.05, 3.63) is 0 Å². The maximum Gasteiger partial charge on any atom is 0.191 e. The van der Waals surface area contributed by atoms with Crippen molar-refractivity contribution in [3.63, 3.8) is 0 Å². The van der Waals surface area contributed by atoms with Gasteiger partial charge in [0.15, 0.2) is 5.96 Å². The number of rotatable bonds is 9. The summed E-state index contributed by atoms with van der Waals surface area (Å²) in [6, 6.07) is 0. The van der Waals surface area contributed by atoms with Gasteiger partial charge in [0.1, 0.15) is 0 Å². The van der Waals surface area contributed by atoms with Crippen LogP contribution in [0, 0.1) is 5.92 Å². The third-order valence-corrected chi connectivity index (χ3v) is 4.97. The number of aliphatic imine (C=N–C) groups is 1. The summed E-state index contributed by atoms with van der Waals surface area (Å²) in [4.78, 5) is 9.88. The molecule has 0 aromatic rings. The molecule has 0 aromatic carbocycles. The number of hydrogen-bond donors (Lipinski definition) is 2. The fraction of sp³-hybridized carbons (Fsp3) is 0.947. The van der Waals surface area contributed by atoms with Crippen molar-refractivity contribution in [1.82, 2.24) is 20.4 Å². The second-order valence-corrected chi connectivity index (χ2v) is 7.42. The van der Waals surface area contributed by atoms with E-state index in [9.17, 15) is 0 Å². The Labute approximate surface area is 177 Å². The molecule has 0 bridgehead atoms. The van der Waals surface area contributed by atoms with Crippen LogP contribution in [0.3, 0.4) is 0 Å². The van der Waals surface area contributed by atoms with Gasteiger partial charge in [0.2, 0.25) is 0 Å². The van der Waals surface area contributed by atoms with E-state index >= 15 is 0 Å². The predicted molar refractivity (Wildman–Crippen MR) is 121 cm³/mol. The normalized spacial score (nSPS) is 21.1. The monoisotopic (exact) mass is 481 g/mol. The van der Waals surface area contributed by atoms with Crippen LogP contribution < -0.4 is 10.6 Å². The van der Waals surface area contributed by atoms with Gasteiger partial charge in [-0.1, -0.05) is 13.3 Å². The highest BCUT2D eigenvalue weighted by Gasteiger charge is 2.13. The van der Waals surface area contributed by atoms with Crippen LogP contribution >= 0.6 is 24.0 Å². The van der Waals surface area contributed by atoms with Crippen molar-refractivity contribution < 1.29 is 4.74 Å². The minimum absolute atomic E-state index is 0. The number of halogens is 1. The second-order valence-electron chi connectivity index (χ2n) is 7.42. The number of morpholine rings is 1. The van der Waals surface area contributed by atoms with Crippen LogP contribution in [0.5, 0.6) is 0 Å². The molecule has 2 fully saturated rings. The lowest BCUT2D eigenvalue weighted by atomic mass is 10.1. The highest BCUT2D eigenvalue weighted by Crippen LogP contribution is 2.11. The first-order valence-electron chi connectivity index (χ1n) is 10.3. The number of guanidine groups is 1. The summed E-state index contributed by atoms with van der Waals surface area (Å²) in [5.74, 6) is 1.58. The Bertz CT molecular complexity index is 371. The average Bonchev–Trinajstić information content (AvgIpc) is 2.65. The molecule has 6 nitrogen and oxygen atoms in total. The van der Waals surface area contributed by atoms with Gasteiger partial charge >= 0.3 is 0 Å². The number of hydrogen-bond acceptors (Lipinski definition) is 4. The van der Waals surface area contributed by atoms with Crippen LogP contribution in [0.25, 0.3) is 0 Å². The summed E-state index contributed by atoms with van der Waals surface area (Å²) in [6.45, 7) is 16.0. The molecule has 7 heteroatoms. The number of nitrogens with one attached hydrogen (secondary N) is 2. The maximum absolute atomic E-state index is 5.40. The molecule has 154 valence electrons. The van der Waals surface area contributed by atoms with Gasteiger partial charge in [-0.15, -0.1) is 24.0 Å². The van der Waals surface area contributed by atoms with E-state index in [4.69, 9.17) is 9.73 Å². The lowest BCUT2D eigenvalue weighted by molar-refractivity contribution is 0.0376. The Balaban J connectivity index is 0.00000338. The van der Waals surface area contributed by atoms with E-state index < -0.39 is 0 Å². The fourth-order valence-electron chi connectivity index (χ4n) is 3.56. The Morgan fingerprint density at radius 3 is 2.46 bits per heavy atom. The van der Waals surface area contributed by atoms with Gasteiger partial charge in [-0.3, -0.25) is 9.89 Å². The first-order valence-corrected chi connectivity index (χ1v) is 10.3. The van der Waals surface area contributed by atoms with Crippen molar-refractivity contribution in [2.75, 3.05) is 72.1 Å². The largest absolute Gasteiger partial charge is 0.379 e. The molecular formula is C19H40IN5O. The third kappa shape index (κ3) is 10.3. The van der Waals surface area contributed by atoms with Crippen molar-refractivity contribution in [2.24, 2.45) is 10.9 Å². The van der Waals surface area contributed by atoms with E-state index in [1.165, 1.54) is 38.9 Å². The molecule has 0 saturated carbocycles. The summed E-state index contributed by atoms with van der Waals surface area (Å²) in [5, 5.41) is 6.86. The molecule has 0 radical (unpaired) electrons. The molecule has 1 atom stereocenters. The minimum atomic E-state index is 0. The molecule has 0 spiro atoms. The number of piperidine rings is 1. The summed E-state index contributed by atoms with van der Waals surface area (Å²) >= 11 is 0. The highest BCUT2D eigenvalue weighted by molar-refractivity contribution is 14.0. The van der Waals surface area contributed by atoms with Gasteiger partial charge in [0.25, 0.3) is 0 Å². The number of likely N-dealkylation sites (tertiary alicyclic amines) is 1. The summed E-state index contributed by atoms with van der Waals surface area (Å²) < 4.78 is 5.40. The number of nitrogens with zero attached hydrogens (tertiary/aromatic N) is 3. The van der Waals surface area contributed by atoms with Crippen molar-refractivity contribution in [3.8, 4) is 0 Å². The Morgan fingerprint density at radius 2 is 1.77 bits per heavy atom. The summed E-state index contributed by atoms with van der Waals surface area (Å²) in [6.07, 6.45) is 5.28. The van der Waals surface area contributed by atoms with Gasteiger partial charge < -0.3 is 20.3 Å². The Morgan fingerprint density at radius 1 is 1.04 bits per heavy atom. The highest BCUT2D eigenvalue weighted by atomic mass is 127. The van der Waals surface area contributed by atoms with Gasteiger partial charge in [0.05, 0.1) is 13.2 Å². The van der Waals surface area contributed by atoms with Gasteiger partial charge in [0, 0.05) is 39.3 Å². The fourth-order valence-corrected chi connectivity index (χ4v) is 3.56. The molecule has 0 amide bonds. The van der Waals surface area contributed by atoms with Crippen LogP contribution in [-0.2, 0) is 4.74 Å². The smallest absolute Gasteiger partial charge is 0.191 e. The molecule has 26 heavy (non-hydrogen) atoms. The van der Waals surface area contributed by atoms with Crippen LogP contribution in [0.15, 0.2) is 4.99 Å². The topological polar surface area (TPSA) is 52.1 Å². The molecule has 1 unspecified atom stereocenters. The summed E-state index contributed by atoms with van der Waals surface area (Å²) in [7, 11) is 0. The van der Waals surface area contributed by atoms with Gasteiger partial charge in [-0.25, -0.2) is 0 Å². The van der Waals surface area contributed by atoms with Crippen LogP contribution in [0.2, 0.25) is 0 Å². The average molecular weight is 481 g/mol. The van der Waals surface area contributed by atoms with Gasteiger partial charge in [-0.05, 0) is 51.7 Å². The minimum Gasteiger partial charge on any atom is -0.379 e. The SMILES string of the molecule is CCNC(=NCC(C)CN1CCCCC1)NCCCN1CCOCC1.I. The molecule has 2 saturated heterocycles. The molecule has 2 aliphatic rings. The first-order chi connectivity index (χ1) is 12.3. The summed E-state index contributed by atoms with van der Waals surface area (Å²) in [5.41, 5.74) is 0. The zero-order chi connectivity index (χ0) is 17.7. The molecule has 2 rings (SSSR count). The number of ether oxygens (including phenoxy) is 1. The van der Waals surface area contributed by atoms with E-state index in [0.29, 0.717) is 5.92 Å². The van der Waals surface area contributed by atoms with Crippen molar-refractivity contribution in [2.45, 2.75) is 39.5 Å². The molecule has 2 N–H and O–H groups in total. The molecule has 0 aromatic heterocycles. The quantitative estimate of drug-likeness (QED) is 0.229. The van der Waals surface area contributed by atoms with Crippen LogP contribution in [-0.4, -0.2) is 87.9 Å². The Hall–Kier alpha value is -0.120. The second kappa shape index (κ2) is 14.9. The van der Waals surface area contributed by atoms with Crippen molar-refractivity contribution in [1.29, 1.82) is 0 Å². The molecule has 0 aliphatic carbocycles. The van der Waals surface area contributed by atoms with Crippen LogP contribution in [0.4, 0.5) is 0 Å². The van der Waals surface area contributed by atoms with E-state index in [0.717, 1.165) is 64.9 Å². The van der Waals surface area contributed by atoms with Crippen LogP contribution in [0.1, 0.15) is 39.5 Å². The van der Waals surface area contributed by atoms with E-state index in [1.807, 2.05) is 0 Å². The Kier molecular flexibility index (Phi) is 13.7. The molecular weight excluding hydrogens is 441 g/mol. The molecule has 2 aliphatic heterocycles. The maximum atomic E-state index is 5.40. The van der Waals surface area contributed by atoms with Gasteiger partial charge in [-0.2, -0.15) is 0 Å². The first kappa shape index (κ1) is 23.9. The molecule has 2 heterocycles. The van der Waals surface area contributed by atoms with Crippen molar-refractivity contribution >= 4 is 29.9 Å². The predicted octanol–water partition coefficient (Wildman–Crippen LogP) is 2.00. The van der Waals surface area contributed by atoms with E-state index in [2.05, 4.69) is 34.3 Å². The zero-order valence-electron chi connectivity index (χ0n) is 16.8. The standard InChI is InChI=1S/C19H39N5O.HI/c1-3-20-19(21-8-7-11-23-12-14-25-15-13-23)22-16-18(2)17-24-9-5-4-6-10-24;/h18H,3-17H2,1-2H3,(H2,20,21,22);1H. The van der Waals surface area contributed by atoms with E-state index in [-0.39, 0.29) is 24.0 Å².